The topological polar surface area (TPSA) is 88.1 Å². The first-order chi connectivity index (χ1) is 12.2. The molecule has 2 saturated heterocycles. The SMILES string of the molecule is Cn1nc([C@H]2CCCO2)cc1NC(=O)N1CCCC[C@@H]1c1cn[nH]c1. The number of H-pyrrole nitrogens is 1. The fourth-order valence-corrected chi connectivity index (χ4v) is 3.72. The minimum atomic E-state index is -0.0900. The summed E-state index contributed by atoms with van der Waals surface area (Å²) in [5.74, 6) is 0.701. The van der Waals surface area contributed by atoms with Crippen molar-refractivity contribution in [1.82, 2.24) is 24.9 Å². The lowest BCUT2D eigenvalue weighted by atomic mass is 9.98. The summed E-state index contributed by atoms with van der Waals surface area (Å²) in [6, 6.07) is 1.90. The fraction of sp³-hybridized carbons (Fsp3) is 0.588. The van der Waals surface area contributed by atoms with Crippen molar-refractivity contribution in [3.05, 3.63) is 29.7 Å². The summed E-state index contributed by atoms with van der Waals surface area (Å²) in [4.78, 5) is 14.8. The third-order valence-electron chi connectivity index (χ3n) is 5.06. The molecule has 0 spiro atoms. The Labute approximate surface area is 146 Å². The number of anilines is 1. The summed E-state index contributed by atoms with van der Waals surface area (Å²) in [5.41, 5.74) is 1.94. The van der Waals surface area contributed by atoms with Gasteiger partial charge in [0.1, 0.15) is 11.9 Å². The van der Waals surface area contributed by atoms with Crippen LogP contribution in [0.25, 0.3) is 0 Å². The second kappa shape index (κ2) is 6.87. The maximum Gasteiger partial charge on any atom is 0.323 e. The van der Waals surface area contributed by atoms with Gasteiger partial charge in [-0.1, -0.05) is 0 Å². The van der Waals surface area contributed by atoms with Gasteiger partial charge in [0.2, 0.25) is 0 Å². The molecular weight excluding hydrogens is 320 g/mol. The smallest absolute Gasteiger partial charge is 0.323 e. The minimum Gasteiger partial charge on any atom is -0.372 e. The van der Waals surface area contributed by atoms with Gasteiger partial charge in [0.15, 0.2) is 0 Å². The zero-order valence-corrected chi connectivity index (χ0v) is 14.4. The van der Waals surface area contributed by atoms with Crippen LogP contribution in [0.2, 0.25) is 0 Å². The highest BCUT2D eigenvalue weighted by Crippen LogP contribution is 2.32. The molecule has 25 heavy (non-hydrogen) atoms. The number of rotatable bonds is 3. The lowest BCUT2D eigenvalue weighted by Gasteiger charge is -2.35. The zero-order chi connectivity index (χ0) is 17.2. The molecule has 2 amide bonds. The molecule has 0 aromatic carbocycles. The Bertz CT molecular complexity index is 720. The van der Waals surface area contributed by atoms with Crippen LogP contribution in [0.1, 0.15) is 55.5 Å². The number of ether oxygens (including phenoxy) is 1. The quantitative estimate of drug-likeness (QED) is 0.896. The molecule has 2 aromatic heterocycles. The van der Waals surface area contributed by atoms with Crippen molar-refractivity contribution in [1.29, 1.82) is 0 Å². The van der Waals surface area contributed by atoms with Gasteiger partial charge >= 0.3 is 6.03 Å². The van der Waals surface area contributed by atoms with E-state index in [1.807, 2.05) is 24.2 Å². The number of carbonyl (C=O) groups excluding carboxylic acids is 1. The van der Waals surface area contributed by atoms with Gasteiger partial charge in [0.05, 0.1) is 17.9 Å². The summed E-state index contributed by atoms with van der Waals surface area (Å²) < 4.78 is 7.40. The molecule has 2 aromatic rings. The molecule has 0 bridgehead atoms. The first kappa shape index (κ1) is 16.1. The molecule has 2 fully saturated rings. The zero-order valence-electron chi connectivity index (χ0n) is 14.4. The number of nitrogens with zero attached hydrogens (tertiary/aromatic N) is 4. The van der Waals surface area contributed by atoms with E-state index in [-0.39, 0.29) is 18.2 Å². The predicted molar refractivity (Wildman–Crippen MR) is 92.0 cm³/mol. The van der Waals surface area contributed by atoms with Crippen molar-refractivity contribution in [2.24, 2.45) is 7.05 Å². The van der Waals surface area contributed by atoms with Gasteiger partial charge in [-0.2, -0.15) is 10.2 Å². The first-order valence-corrected chi connectivity index (χ1v) is 8.94. The number of likely N-dealkylation sites (tertiary alicyclic amines) is 1. The Hall–Kier alpha value is -2.35. The number of urea groups is 1. The minimum absolute atomic E-state index is 0.0468. The molecule has 8 nitrogen and oxygen atoms in total. The molecule has 0 saturated carbocycles. The Morgan fingerprint density at radius 2 is 2.28 bits per heavy atom. The Morgan fingerprint density at radius 1 is 1.36 bits per heavy atom. The van der Waals surface area contributed by atoms with Crippen LogP contribution in [0.4, 0.5) is 10.6 Å². The van der Waals surface area contributed by atoms with Crippen LogP contribution in [0.5, 0.6) is 0 Å². The van der Waals surface area contributed by atoms with Crippen molar-refractivity contribution in [3.63, 3.8) is 0 Å². The number of aromatic amines is 1. The number of hydrogen-bond donors (Lipinski definition) is 2. The van der Waals surface area contributed by atoms with Gasteiger partial charge in [-0.3, -0.25) is 15.1 Å². The first-order valence-electron chi connectivity index (χ1n) is 8.94. The van der Waals surface area contributed by atoms with Gasteiger partial charge in [-0.25, -0.2) is 4.79 Å². The molecule has 4 rings (SSSR count). The Kier molecular flexibility index (Phi) is 4.44. The molecule has 4 heterocycles. The average Bonchev–Trinajstić information content (AvgIpc) is 3.37. The number of hydrogen-bond acceptors (Lipinski definition) is 4. The van der Waals surface area contributed by atoms with Crippen LogP contribution in [0.15, 0.2) is 18.5 Å². The van der Waals surface area contributed by atoms with E-state index in [4.69, 9.17) is 4.74 Å². The van der Waals surface area contributed by atoms with Gasteiger partial charge in [0, 0.05) is 38.0 Å². The van der Waals surface area contributed by atoms with Gasteiger partial charge in [-0.15, -0.1) is 0 Å². The van der Waals surface area contributed by atoms with E-state index >= 15 is 0 Å². The van der Waals surface area contributed by atoms with E-state index in [1.54, 1.807) is 10.9 Å². The van der Waals surface area contributed by atoms with E-state index in [2.05, 4.69) is 20.6 Å². The summed E-state index contributed by atoms with van der Waals surface area (Å²) >= 11 is 0. The Morgan fingerprint density at radius 3 is 3.04 bits per heavy atom. The van der Waals surface area contributed by atoms with Crippen LogP contribution in [-0.4, -0.2) is 44.1 Å². The van der Waals surface area contributed by atoms with Crippen LogP contribution in [-0.2, 0) is 11.8 Å². The molecule has 8 heteroatoms. The highest BCUT2D eigenvalue weighted by molar-refractivity contribution is 5.88. The second-order valence-corrected chi connectivity index (χ2v) is 6.75. The monoisotopic (exact) mass is 344 g/mol. The van der Waals surface area contributed by atoms with Gasteiger partial charge in [0.25, 0.3) is 0 Å². The van der Waals surface area contributed by atoms with Crippen LogP contribution >= 0.6 is 0 Å². The van der Waals surface area contributed by atoms with Crippen molar-refractivity contribution in [2.75, 3.05) is 18.5 Å². The molecule has 2 aliphatic heterocycles. The van der Waals surface area contributed by atoms with Crippen molar-refractivity contribution >= 4 is 11.8 Å². The highest BCUT2D eigenvalue weighted by Gasteiger charge is 2.29. The highest BCUT2D eigenvalue weighted by atomic mass is 16.5. The lowest BCUT2D eigenvalue weighted by Crippen LogP contribution is -2.41. The van der Waals surface area contributed by atoms with Crippen LogP contribution in [0, 0.1) is 0 Å². The molecule has 134 valence electrons. The second-order valence-electron chi connectivity index (χ2n) is 6.75. The summed E-state index contributed by atoms with van der Waals surface area (Å²) in [6.07, 6.45) is 8.86. The average molecular weight is 344 g/mol. The normalized spacial score (nSPS) is 23.8. The molecule has 2 atom stereocenters. The van der Waals surface area contributed by atoms with Crippen molar-refractivity contribution in [3.8, 4) is 0 Å². The fourth-order valence-electron chi connectivity index (χ4n) is 3.72. The molecule has 2 aliphatic rings. The maximum atomic E-state index is 12.9. The molecular formula is C17H24N6O2. The maximum absolute atomic E-state index is 12.9. The largest absolute Gasteiger partial charge is 0.372 e. The van der Waals surface area contributed by atoms with Gasteiger partial charge in [-0.05, 0) is 32.1 Å². The van der Waals surface area contributed by atoms with E-state index in [0.29, 0.717) is 5.82 Å². The van der Waals surface area contributed by atoms with E-state index in [0.717, 1.165) is 56.5 Å². The third kappa shape index (κ3) is 3.26. The standard InChI is InChI=1S/C17H24N6O2/c1-22-16(9-13(21-22)15-6-4-8-25-15)20-17(24)23-7-3-2-5-14(23)12-10-18-19-11-12/h9-11,14-15H,2-8H2,1H3,(H,18,19)(H,20,24)/t14-,15-/m1/s1. The number of amides is 2. The molecule has 0 radical (unpaired) electrons. The summed E-state index contributed by atoms with van der Waals surface area (Å²) in [7, 11) is 1.85. The van der Waals surface area contributed by atoms with E-state index < -0.39 is 0 Å². The van der Waals surface area contributed by atoms with E-state index in [1.165, 1.54) is 0 Å². The van der Waals surface area contributed by atoms with E-state index in [9.17, 15) is 4.79 Å². The number of aromatic nitrogens is 4. The number of nitrogens with one attached hydrogen (secondary N) is 2. The lowest BCUT2D eigenvalue weighted by molar-refractivity contribution is 0.108. The third-order valence-corrected chi connectivity index (χ3v) is 5.06. The van der Waals surface area contributed by atoms with Crippen molar-refractivity contribution in [2.45, 2.75) is 44.2 Å². The van der Waals surface area contributed by atoms with Crippen LogP contribution < -0.4 is 5.32 Å². The Balaban J connectivity index is 1.49. The molecule has 0 unspecified atom stereocenters. The molecule has 2 N–H and O–H groups in total. The number of carbonyl (C=O) groups is 1. The summed E-state index contributed by atoms with van der Waals surface area (Å²) in [5, 5.41) is 14.4. The number of piperidine rings is 1. The number of aryl methyl sites for hydroxylation is 1. The van der Waals surface area contributed by atoms with Crippen LogP contribution in [0.3, 0.4) is 0 Å². The van der Waals surface area contributed by atoms with Gasteiger partial charge < -0.3 is 9.64 Å². The summed E-state index contributed by atoms with van der Waals surface area (Å²) in [6.45, 7) is 1.53. The molecule has 0 aliphatic carbocycles. The predicted octanol–water partition coefficient (Wildman–Crippen LogP) is 2.75. The van der Waals surface area contributed by atoms with Crippen molar-refractivity contribution < 1.29 is 9.53 Å².